The van der Waals surface area contributed by atoms with Crippen LogP contribution in [0.4, 0.5) is 4.79 Å². The first-order valence-electron chi connectivity index (χ1n) is 10.9. The van der Waals surface area contributed by atoms with E-state index in [1.807, 2.05) is 31.2 Å². The molecule has 0 aliphatic carbocycles. The Morgan fingerprint density at radius 3 is 2.53 bits per heavy atom. The molecule has 2 heterocycles. The van der Waals surface area contributed by atoms with Gasteiger partial charge in [0.25, 0.3) is 0 Å². The molecule has 1 aromatic rings. The van der Waals surface area contributed by atoms with Gasteiger partial charge >= 0.3 is 6.03 Å². The van der Waals surface area contributed by atoms with Crippen LogP contribution in [0.25, 0.3) is 0 Å². The van der Waals surface area contributed by atoms with Gasteiger partial charge in [-0.15, -0.1) is 0 Å². The van der Waals surface area contributed by atoms with Crippen LogP contribution in [0.1, 0.15) is 25.3 Å². The normalized spacial score (nSPS) is 21.6. The van der Waals surface area contributed by atoms with Crippen molar-refractivity contribution in [2.24, 2.45) is 0 Å². The van der Waals surface area contributed by atoms with Crippen molar-refractivity contribution in [3.63, 3.8) is 0 Å². The van der Waals surface area contributed by atoms with Crippen LogP contribution in [0.15, 0.2) is 24.3 Å². The van der Waals surface area contributed by atoms with Crippen molar-refractivity contribution in [3.8, 4) is 5.75 Å². The molecule has 2 saturated heterocycles. The number of benzene rings is 1. The zero-order chi connectivity index (χ0) is 23.3. The summed E-state index contributed by atoms with van der Waals surface area (Å²) in [4.78, 5) is 42.5. The highest BCUT2D eigenvalue weighted by molar-refractivity contribution is 5.91. The van der Waals surface area contributed by atoms with E-state index in [4.69, 9.17) is 9.47 Å². The SMILES string of the molecule is CCC[C@H]1C(=O)N(CCOC)C[C@H]2N1C(=O)CN(C)N2C(=O)NCc1ccc(OC)cc1. The van der Waals surface area contributed by atoms with E-state index in [2.05, 4.69) is 5.32 Å². The molecule has 1 aromatic carbocycles. The maximum Gasteiger partial charge on any atom is 0.334 e. The first-order valence-corrected chi connectivity index (χ1v) is 10.9. The molecule has 176 valence electrons. The van der Waals surface area contributed by atoms with Crippen LogP contribution in [0.3, 0.4) is 0 Å². The van der Waals surface area contributed by atoms with Crippen LogP contribution in [-0.4, -0.2) is 97.4 Å². The number of hydrogen-bond donors (Lipinski definition) is 1. The summed E-state index contributed by atoms with van der Waals surface area (Å²) >= 11 is 0. The molecule has 0 bridgehead atoms. The van der Waals surface area contributed by atoms with E-state index in [-0.39, 0.29) is 30.9 Å². The van der Waals surface area contributed by atoms with Gasteiger partial charge in [-0.1, -0.05) is 25.5 Å². The van der Waals surface area contributed by atoms with Crippen LogP contribution in [0, 0.1) is 0 Å². The molecule has 3 rings (SSSR count). The van der Waals surface area contributed by atoms with E-state index >= 15 is 0 Å². The summed E-state index contributed by atoms with van der Waals surface area (Å²) in [6.07, 6.45) is 0.739. The fourth-order valence-electron chi connectivity index (χ4n) is 4.26. The number of carbonyl (C=O) groups is 3. The van der Waals surface area contributed by atoms with Crippen LogP contribution in [-0.2, 0) is 20.9 Å². The standard InChI is InChI=1S/C22H33N5O5/c1-5-6-18-21(29)25(11-12-31-3)14-19-26(18)20(28)15-24(2)27(19)22(30)23-13-16-7-9-17(32-4)10-8-16/h7-10,18-19H,5-6,11-15H2,1-4H3,(H,23,30)/t18-,19-/m0/s1. The number of hydrogen-bond acceptors (Lipinski definition) is 6. The fraction of sp³-hybridized carbons (Fsp3) is 0.591. The van der Waals surface area contributed by atoms with Gasteiger partial charge in [0.15, 0.2) is 0 Å². The number of rotatable bonds is 8. The fourth-order valence-corrected chi connectivity index (χ4v) is 4.26. The van der Waals surface area contributed by atoms with E-state index in [0.29, 0.717) is 26.1 Å². The number of nitrogens with zero attached hydrogens (tertiary/aromatic N) is 4. The van der Waals surface area contributed by atoms with Crippen molar-refractivity contribution in [3.05, 3.63) is 29.8 Å². The van der Waals surface area contributed by atoms with Gasteiger partial charge in [0.1, 0.15) is 18.0 Å². The molecule has 0 aromatic heterocycles. The maximum absolute atomic E-state index is 13.2. The van der Waals surface area contributed by atoms with Crippen molar-refractivity contribution in [1.29, 1.82) is 0 Å². The molecule has 0 saturated carbocycles. The lowest BCUT2D eigenvalue weighted by molar-refractivity contribution is -0.187. The molecule has 32 heavy (non-hydrogen) atoms. The number of fused-ring (bicyclic) bond motifs is 1. The van der Waals surface area contributed by atoms with Crippen LogP contribution < -0.4 is 10.1 Å². The van der Waals surface area contributed by atoms with Crippen molar-refractivity contribution in [2.45, 2.75) is 38.5 Å². The maximum atomic E-state index is 13.2. The van der Waals surface area contributed by atoms with Gasteiger partial charge in [-0.05, 0) is 24.1 Å². The number of carbonyl (C=O) groups excluding carboxylic acids is 3. The Bertz CT molecular complexity index is 817. The molecule has 4 amide bonds. The molecule has 2 atom stereocenters. The molecule has 10 heteroatoms. The lowest BCUT2D eigenvalue weighted by Crippen LogP contribution is -2.76. The summed E-state index contributed by atoms with van der Waals surface area (Å²) in [5.41, 5.74) is 0.927. The first-order chi connectivity index (χ1) is 15.4. The van der Waals surface area contributed by atoms with Crippen LogP contribution >= 0.6 is 0 Å². The Morgan fingerprint density at radius 1 is 1.19 bits per heavy atom. The van der Waals surface area contributed by atoms with E-state index in [1.165, 1.54) is 0 Å². The second-order valence-electron chi connectivity index (χ2n) is 8.03. The second-order valence-corrected chi connectivity index (χ2v) is 8.03. The Morgan fingerprint density at radius 2 is 1.91 bits per heavy atom. The topological polar surface area (TPSA) is 94.7 Å². The molecule has 1 N–H and O–H groups in total. The third kappa shape index (κ3) is 4.97. The quantitative estimate of drug-likeness (QED) is 0.636. The van der Waals surface area contributed by atoms with E-state index in [0.717, 1.165) is 17.7 Å². The monoisotopic (exact) mass is 447 g/mol. The number of methoxy groups -OCH3 is 2. The van der Waals surface area contributed by atoms with Crippen molar-refractivity contribution < 1.29 is 23.9 Å². The van der Waals surface area contributed by atoms with E-state index in [1.54, 1.807) is 41.1 Å². The first kappa shape index (κ1) is 23.8. The highest BCUT2D eigenvalue weighted by atomic mass is 16.5. The Balaban J connectivity index is 1.79. The van der Waals surface area contributed by atoms with Gasteiger partial charge in [-0.2, -0.15) is 0 Å². The number of likely N-dealkylation sites (N-methyl/N-ethyl adjacent to an activating group) is 1. The number of urea groups is 1. The van der Waals surface area contributed by atoms with E-state index in [9.17, 15) is 14.4 Å². The minimum atomic E-state index is -0.575. The number of hydrazine groups is 1. The predicted octanol–water partition coefficient (Wildman–Crippen LogP) is 0.879. The average Bonchev–Trinajstić information content (AvgIpc) is 2.78. The third-order valence-corrected chi connectivity index (χ3v) is 5.88. The average molecular weight is 448 g/mol. The summed E-state index contributed by atoms with van der Waals surface area (Å²) in [6.45, 7) is 3.41. The van der Waals surface area contributed by atoms with Crippen molar-refractivity contribution >= 4 is 17.8 Å². The number of piperazine rings is 1. The molecule has 10 nitrogen and oxygen atoms in total. The lowest BCUT2D eigenvalue weighted by atomic mass is 10.0. The summed E-state index contributed by atoms with van der Waals surface area (Å²) in [7, 11) is 4.90. The highest BCUT2D eigenvalue weighted by Crippen LogP contribution is 2.27. The Labute approximate surface area is 189 Å². The minimum absolute atomic E-state index is 0.0397. The van der Waals surface area contributed by atoms with Crippen LogP contribution in [0.2, 0.25) is 0 Å². The minimum Gasteiger partial charge on any atom is -0.497 e. The molecule has 0 radical (unpaired) electrons. The second kappa shape index (κ2) is 10.6. The zero-order valence-corrected chi connectivity index (χ0v) is 19.2. The summed E-state index contributed by atoms with van der Waals surface area (Å²) in [6, 6.07) is 6.56. The van der Waals surface area contributed by atoms with Gasteiger partial charge in [0.2, 0.25) is 11.8 Å². The van der Waals surface area contributed by atoms with Gasteiger partial charge in [0.05, 0.1) is 26.8 Å². The molecular weight excluding hydrogens is 414 g/mol. The van der Waals surface area contributed by atoms with Gasteiger partial charge in [-0.25, -0.2) is 14.8 Å². The van der Waals surface area contributed by atoms with Crippen molar-refractivity contribution in [1.82, 2.24) is 25.1 Å². The predicted molar refractivity (Wildman–Crippen MR) is 117 cm³/mol. The number of amides is 4. The Kier molecular flexibility index (Phi) is 7.92. The van der Waals surface area contributed by atoms with E-state index < -0.39 is 12.2 Å². The van der Waals surface area contributed by atoms with Crippen molar-refractivity contribution in [2.75, 3.05) is 47.5 Å². The lowest BCUT2D eigenvalue weighted by Gasteiger charge is -2.54. The molecule has 2 aliphatic heterocycles. The van der Waals surface area contributed by atoms with Crippen LogP contribution in [0.5, 0.6) is 5.75 Å². The molecule has 0 spiro atoms. The summed E-state index contributed by atoms with van der Waals surface area (Å²) in [5, 5.41) is 6.12. The Hall–Kier alpha value is -2.85. The summed E-state index contributed by atoms with van der Waals surface area (Å²) in [5.74, 6) is 0.515. The molecule has 2 fully saturated rings. The molecular formula is C22H33N5O5. The summed E-state index contributed by atoms with van der Waals surface area (Å²) < 4.78 is 10.3. The van der Waals surface area contributed by atoms with Gasteiger partial charge in [-0.3, -0.25) is 9.59 Å². The highest BCUT2D eigenvalue weighted by Gasteiger charge is 2.50. The largest absolute Gasteiger partial charge is 0.497 e. The number of nitrogens with one attached hydrogen (secondary N) is 1. The third-order valence-electron chi connectivity index (χ3n) is 5.88. The zero-order valence-electron chi connectivity index (χ0n) is 19.2. The smallest absolute Gasteiger partial charge is 0.334 e. The molecule has 0 unspecified atom stereocenters. The number of ether oxygens (including phenoxy) is 2. The molecule has 2 aliphatic rings. The van der Waals surface area contributed by atoms with Gasteiger partial charge < -0.3 is 24.6 Å². The van der Waals surface area contributed by atoms with Gasteiger partial charge in [0, 0.05) is 27.2 Å².